The van der Waals surface area contributed by atoms with E-state index in [1.54, 1.807) is 5.57 Å². The van der Waals surface area contributed by atoms with E-state index in [2.05, 4.69) is 35.3 Å². The molecule has 0 radical (unpaired) electrons. The fourth-order valence-electron chi connectivity index (χ4n) is 2.62. The molecular formula is C14H16OSe. The van der Waals surface area contributed by atoms with E-state index in [-0.39, 0.29) is 0 Å². The summed E-state index contributed by atoms with van der Waals surface area (Å²) < 4.78 is 7.28. The number of benzene rings is 1. The van der Waals surface area contributed by atoms with E-state index in [4.69, 9.17) is 4.74 Å². The molecule has 1 aromatic carbocycles. The first-order valence-corrected chi connectivity index (χ1v) is 7.80. The molecule has 3 rings (SSSR count). The normalized spacial score (nSPS) is 30.9. The van der Waals surface area contributed by atoms with E-state index in [1.807, 2.05) is 0 Å². The second kappa shape index (κ2) is 4.75. The summed E-state index contributed by atoms with van der Waals surface area (Å²) in [5.41, 5.74) is 1.58. The summed E-state index contributed by atoms with van der Waals surface area (Å²) in [6.07, 6.45) is 4.53. The second-order valence-electron chi connectivity index (χ2n) is 4.51. The Hall–Kier alpha value is -0.561. The van der Waals surface area contributed by atoms with Gasteiger partial charge in [0.1, 0.15) is 0 Å². The van der Waals surface area contributed by atoms with Crippen molar-refractivity contribution in [3.05, 3.63) is 40.9 Å². The van der Waals surface area contributed by atoms with Gasteiger partial charge in [-0.25, -0.2) is 0 Å². The van der Waals surface area contributed by atoms with E-state index in [1.165, 1.54) is 23.7 Å². The Labute approximate surface area is 103 Å². The van der Waals surface area contributed by atoms with Crippen molar-refractivity contribution in [3.63, 3.8) is 0 Å². The molecule has 0 bridgehead atoms. The van der Waals surface area contributed by atoms with Crippen LogP contribution in [0.3, 0.4) is 0 Å². The van der Waals surface area contributed by atoms with Crippen LogP contribution in [0, 0.1) is 5.92 Å². The summed E-state index contributed by atoms with van der Waals surface area (Å²) in [5.74, 6) is 0.755. The van der Waals surface area contributed by atoms with Crippen LogP contribution < -0.4 is 4.46 Å². The van der Waals surface area contributed by atoms with Gasteiger partial charge in [-0.1, -0.05) is 0 Å². The molecule has 2 fully saturated rings. The number of rotatable bonds is 2. The Morgan fingerprint density at radius 2 is 2.06 bits per heavy atom. The Bertz CT molecular complexity index is 385. The van der Waals surface area contributed by atoms with E-state index in [0.29, 0.717) is 21.1 Å². The molecule has 1 aromatic rings. The average Bonchev–Trinajstić information content (AvgIpc) is 2.90. The van der Waals surface area contributed by atoms with Gasteiger partial charge in [-0.05, 0) is 0 Å². The molecule has 16 heavy (non-hydrogen) atoms. The van der Waals surface area contributed by atoms with Crippen LogP contribution in [0.15, 0.2) is 40.9 Å². The summed E-state index contributed by atoms with van der Waals surface area (Å²) >= 11 is 0.484. The minimum absolute atomic E-state index is 0.484. The third-order valence-corrected chi connectivity index (χ3v) is 5.51. The van der Waals surface area contributed by atoms with Crippen LogP contribution in [-0.2, 0) is 4.74 Å². The predicted molar refractivity (Wildman–Crippen MR) is 67.0 cm³/mol. The Kier molecular flexibility index (Phi) is 3.14. The number of ether oxygens (including phenoxy) is 1. The van der Waals surface area contributed by atoms with Crippen LogP contribution in [0.25, 0.3) is 0 Å². The number of hydrogen-bond acceptors (Lipinski definition) is 1. The van der Waals surface area contributed by atoms with Crippen molar-refractivity contribution in [1.82, 2.24) is 0 Å². The first-order chi connectivity index (χ1) is 7.93. The van der Waals surface area contributed by atoms with Crippen molar-refractivity contribution in [2.75, 3.05) is 6.61 Å². The molecule has 1 aliphatic heterocycles. The topological polar surface area (TPSA) is 9.23 Å². The van der Waals surface area contributed by atoms with Gasteiger partial charge in [-0.3, -0.25) is 0 Å². The fraction of sp³-hybridized carbons (Fsp3) is 0.429. The van der Waals surface area contributed by atoms with E-state index < -0.39 is 0 Å². The van der Waals surface area contributed by atoms with Crippen LogP contribution in [0.4, 0.5) is 0 Å². The van der Waals surface area contributed by atoms with Gasteiger partial charge in [0.2, 0.25) is 0 Å². The third-order valence-electron chi connectivity index (χ3n) is 3.48. The van der Waals surface area contributed by atoms with Crippen molar-refractivity contribution in [2.45, 2.75) is 25.4 Å². The molecule has 1 nitrogen and oxygen atoms in total. The molecule has 1 saturated heterocycles. The third kappa shape index (κ3) is 2.10. The summed E-state index contributed by atoms with van der Waals surface area (Å²) in [6.45, 7) is 0.893. The molecular weight excluding hydrogens is 263 g/mol. The molecule has 2 aliphatic rings. The SMILES string of the molecule is C(/[Se]c1ccccc1)=C1\CO[C@H]2CCC[C@@H]12. The first kappa shape index (κ1) is 10.6. The average molecular weight is 279 g/mol. The van der Waals surface area contributed by atoms with Gasteiger partial charge in [-0.15, -0.1) is 0 Å². The van der Waals surface area contributed by atoms with E-state index in [0.717, 1.165) is 12.5 Å². The molecule has 2 atom stereocenters. The van der Waals surface area contributed by atoms with Crippen molar-refractivity contribution in [2.24, 2.45) is 5.92 Å². The standard InChI is InChI=1S/C14H16OSe/c1-2-5-12(6-3-1)16-10-11-9-15-14-8-4-7-13(11)14/h1-3,5-6,10,13-14H,4,7-9H2/b11-10-/t13-,14-/m0/s1. The van der Waals surface area contributed by atoms with Gasteiger partial charge in [0, 0.05) is 0 Å². The second-order valence-corrected chi connectivity index (χ2v) is 6.49. The van der Waals surface area contributed by atoms with Gasteiger partial charge in [0.05, 0.1) is 0 Å². The minimum atomic E-state index is 0.484. The molecule has 0 amide bonds. The molecule has 2 heteroatoms. The van der Waals surface area contributed by atoms with Crippen LogP contribution in [0.1, 0.15) is 19.3 Å². The van der Waals surface area contributed by atoms with Crippen molar-refractivity contribution < 1.29 is 4.74 Å². The van der Waals surface area contributed by atoms with Gasteiger partial charge in [-0.2, -0.15) is 0 Å². The number of hydrogen-bond donors (Lipinski definition) is 0. The predicted octanol–water partition coefficient (Wildman–Crippen LogP) is 2.10. The maximum atomic E-state index is 5.82. The molecule has 0 unspecified atom stereocenters. The number of fused-ring (bicyclic) bond motifs is 1. The Morgan fingerprint density at radius 1 is 1.19 bits per heavy atom. The molecule has 0 N–H and O–H groups in total. The van der Waals surface area contributed by atoms with Gasteiger partial charge >= 0.3 is 103 Å². The molecule has 84 valence electrons. The zero-order valence-corrected chi connectivity index (χ0v) is 11.0. The summed E-state index contributed by atoms with van der Waals surface area (Å²) in [7, 11) is 0. The Balaban J connectivity index is 1.69. The maximum absolute atomic E-state index is 5.82. The molecule has 1 heterocycles. The fourth-order valence-corrected chi connectivity index (χ4v) is 4.40. The summed E-state index contributed by atoms with van der Waals surface area (Å²) in [4.78, 5) is 2.46. The zero-order chi connectivity index (χ0) is 10.8. The quantitative estimate of drug-likeness (QED) is 0.753. The van der Waals surface area contributed by atoms with E-state index >= 15 is 0 Å². The van der Waals surface area contributed by atoms with Crippen LogP contribution >= 0.6 is 0 Å². The first-order valence-electron chi connectivity index (χ1n) is 5.96. The van der Waals surface area contributed by atoms with Crippen molar-refractivity contribution >= 4 is 19.4 Å². The summed E-state index contributed by atoms with van der Waals surface area (Å²) in [5, 5.41) is 0. The van der Waals surface area contributed by atoms with Gasteiger partial charge in [0.15, 0.2) is 0 Å². The zero-order valence-electron chi connectivity index (χ0n) is 9.26. The summed E-state index contributed by atoms with van der Waals surface area (Å²) in [6, 6.07) is 10.8. The van der Waals surface area contributed by atoms with Crippen LogP contribution in [0.5, 0.6) is 0 Å². The monoisotopic (exact) mass is 280 g/mol. The van der Waals surface area contributed by atoms with Gasteiger partial charge in [0.25, 0.3) is 0 Å². The molecule has 0 aromatic heterocycles. The van der Waals surface area contributed by atoms with Crippen LogP contribution in [-0.4, -0.2) is 27.7 Å². The van der Waals surface area contributed by atoms with Gasteiger partial charge < -0.3 is 0 Å². The molecule has 1 saturated carbocycles. The van der Waals surface area contributed by atoms with Crippen LogP contribution in [0.2, 0.25) is 0 Å². The van der Waals surface area contributed by atoms with Crippen molar-refractivity contribution in [1.29, 1.82) is 0 Å². The van der Waals surface area contributed by atoms with E-state index in [9.17, 15) is 0 Å². The molecule has 1 aliphatic carbocycles. The molecule has 0 spiro atoms. The van der Waals surface area contributed by atoms with Crippen molar-refractivity contribution in [3.8, 4) is 0 Å². The Morgan fingerprint density at radius 3 is 2.94 bits per heavy atom.